The largest absolute Gasteiger partial charge is 0.0985 e. The van der Waals surface area contributed by atoms with Crippen LogP contribution in [0.3, 0.4) is 0 Å². The summed E-state index contributed by atoms with van der Waals surface area (Å²) in [5.41, 5.74) is 0. The average molecular weight is 136 g/mol. The van der Waals surface area contributed by atoms with E-state index in [1.807, 2.05) is 19.1 Å². The summed E-state index contributed by atoms with van der Waals surface area (Å²) in [4.78, 5) is 0. The molecular weight excluding hydrogens is 120 g/mol. The zero-order chi connectivity index (χ0) is 7.66. The molecule has 0 nitrogen and oxygen atoms in total. The summed E-state index contributed by atoms with van der Waals surface area (Å²) in [7, 11) is 0. The Morgan fingerprint density at radius 2 is 2.10 bits per heavy atom. The molecule has 0 aromatic rings. The van der Waals surface area contributed by atoms with E-state index in [0.29, 0.717) is 0 Å². The number of unbranched alkanes of at least 4 members (excludes halogenated alkanes) is 3. The van der Waals surface area contributed by atoms with E-state index < -0.39 is 0 Å². The molecule has 0 heteroatoms. The summed E-state index contributed by atoms with van der Waals surface area (Å²) in [5, 5.41) is 0. The normalized spacial score (nSPS) is 9.40. The van der Waals surface area contributed by atoms with Crippen molar-refractivity contribution >= 4 is 0 Å². The summed E-state index contributed by atoms with van der Waals surface area (Å²) < 4.78 is 0. The third-order valence-electron chi connectivity index (χ3n) is 1.26. The van der Waals surface area contributed by atoms with Crippen molar-refractivity contribution in [2.24, 2.45) is 0 Å². The number of hydrogen-bond donors (Lipinski definition) is 0. The minimum Gasteiger partial charge on any atom is -0.0985 e. The first-order valence-electron chi connectivity index (χ1n) is 4.01. The van der Waals surface area contributed by atoms with Crippen molar-refractivity contribution in [3.8, 4) is 11.8 Å². The van der Waals surface area contributed by atoms with Crippen LogP contribution in [0.5, 0.6) is 0 Å². The highest BCUT2D eigenvalue weighted by atomic mass is 13.8. The fraction of sp³-hybridized carbons (Fsp3) is 0.600. The third kappa shape index (κ3) is 7.30. The number of allylic oxidation sites excluding steroid dienone is 2. The maximum atomic E-state index is 3.08. The Hall–Kier alpha value is -0.700. The van der Waals surface area contributed by atoms with E-state index in [1.54, 1.807) is 0 Å². The van der Waals surface area contributed by atoms with Gasteiger partial charge in [-0.25, -0.2) is 0 Å². The lowest BCUT2D eigenvalue weighted by Gasteiger charge is -1.86. The van der Waals surface area contributed by atoms with Crippen molar-refractivity contribution in [3.63, 3.8) is 0 Å². The lowest BCUT2D eigenvalue weighted by Crippen LogP contribution is -1.69. The quantitative estimate of drug-likeness (QED) is 0.413. The van der Waals surface area contributed by atoms with Crippen LogP contribution in [0.2, 0.25) is 0 Å². The van der Waals surface area contributed by atoms with E-state index >= 15 is 0 Å². The van der Waals surface area contributed by atoms with Gasteiger partial charge < -0.3 is 0 Å². The SMILES string of the molecule is C/C=C\C#CCCCCC. The molecule has 0 N–H and O–H groups in total. The maximum absolute atomic E-state index is 3.08. The van der Waals surface area contributed by atoms with E-state index in [0.717, 1.165) is 6.42 Å². The summed E-state index contributed by atoms with van der Waals surface area (Å²) in [5.74, 6) is 6.05. The van der Waals surface area contributed by atoms with Gasteiger partial charge in [0, 0.05) is 6.42 Å². The maximum Gasteiger partial charge on any atom is 0.00922 e. The molecule has 0 aromatic carbocycles. The second kappa shape index (κ2) is 8.30. The van der Waals surface area contributed by atoms with Gasteiger partial charge in [-0.1, -0.05) is 37.7 Å². The van der Waals surface area contributed by atoms with E-state index in [2.05, 4.69) is 18.8 Å². The first-order chi connectivity index (χ1) is 4.91. The molecule has 56 valence electrons. The van der Waals surface area contributed by atoms with Gasteiger partial charge >= 0.3 is 0 Å². The molecule has 0 spiro atoms. The molecule has 0 aliphatic heterocycles. The average Bonchev–Trinajstić information content (AvgIpc) is 1.97. The molecule has 0 unspecified atom stereocenters. The molecule has 0 fully saturated rings. The Balaban J connectivity index is 3.12. The summed E-state index contributed by atoms with van der Waals surface area (Å²) in [6, 6.07) is 0. The first kappa shape index (κ1) is 9.30. The van der Waals surface area contributed by atoms with Gasteiger partial charge in [0.2, 0.25) is 0 Å². The third-order valence-corrected chi connectivity index (χ3v) is 1.26. The second-order valence-electron chi connectivity index (χ2n) is 2.28. The topological polar surface area (TPSA) is 0 Å². The molecule has 0 saturated heterocycles. The minimum absolute atomic E-state index is 1.05. The molecule has 0 aliphatic rings. The van der Waals surface area contributed by atoms with Crippen LogP contribution in [0.4, 0.5) is 0 Å². The Morgan fingerprint density at radius 3 is 2.70 bits per heavy atom. The first-order valence-corrected chi connectivity index (χ1v) is 4.01. The van der Waals surface area contributed by atoms with Crippen LogP contribution >= 0.6 is 0 Å². The van der Waals surface area contributed by atoms with Crippen LogP contribution in [-0.4, -0.2) is 0 Å². The van der Waals surface area contributed by atoms with Crippen LogP contribution in [0.1, 0.15) is 39.5 Å². The van der Waals surface area contributed by atoms with Crippen LogP contribution in [0, 0.1) is 11.8 Å². The zero-order valence-electron chi connectivity index (χ0n) is 6.98. The van der Waals surface area contributed by atoms with Gasteiger partial charge in [-0.2, -0.15) is 0 Å². The lowest BCUT2D eigenvalue weighted by atomic mass is 10.2. The minimum atomic E-state index is 1.05. The van der Waals surface area contributed by atoms with Crippen LogP contribution in [0.15, 0.2) is 12.2 Å². The van der Waals surface area contributed by atoms with Crippen molar-refractivity contribution in [1.82, 2.24) is 0 Å². The lowest BCUT2D eigenvalue weighted by molar-refractivity contribution is 0.737. The summed E-state index contributed by atoms with van der Waals surface area (Å²) in [6.07, 6.45) is 8.76. The molecule has 10 heavy (non-hydrogen) atoms. The molecule has 0 bridgehead atoms. The van der Waals surface area contributed by atoms with Gasteiger partial charge in [-0.05, 0) is 19.4 Å². The summed E-state index contributed by atoms with van der Waals surface area (Å²) >= 11 is 0. The molecule has 0 radical (unpaired) electrons. The van der Waals surface area contributed by atoms with Gasteiger partial charge in [0.15, 0.2) is 0 Å². The van der Waals surface area contributed by atoms with Crippen molar-refractivity contribution in [1.29, 1.82) is 0 Å². The van der Waals surface area contributed by atoms with E-state index in [-0.39, 0.29) is 0 Å². The van der Waals surface area contributed by atoms with Crippen LogP contribution in [-0.2, 0) is 0 Å². The van der Waals surface area contributed by atoms with Gasteiger partial charge in [0.1, 0.15) is 0 Å². The molecule has 0 saturated carbocycles. The Kier molecular flexibility index (Phi) is 7.72. The molecule has 0 aromatic heterocycles. The van der Waals surface area contributed by atoms with Crippen LogP contribution in [0.25, 0.3) is 0 Å². The standard InChI is InChI=1S/C10H16/c1-3-5-7-9-10-8-6-4-2/h3,5H,4,6,8,10H2,1-2H3/b5-3-. The Morgan fingerprint density at radius 1 is 1.30 bits per heavy atom. The van der Waals surface area contributed by atoms with Gasteiger partial charge in [0.25, 0.3) is 0 Å². The molecule has 0 rings (SSSR count). The number of hydrogen-bond acceptors (Lipinski definition) is 0. The van der Waals surface area contributed by atoms with Crippen molar-refractivity contribution in [2.45, 2.75) is 39.5 Å². The smallest absolute Gasteiger partial charge is 0.00922 e. The molecule has 0 amide bonds. The zero-order valence-corrected chi connectivity index (χ0v) is 6.98. The van der Waals surface area contributed by atoms with E-state index in [4.69, 9.17) is 0 Å². The van der Waals surface area contributed by atoms with Crippen LogP contribution < -0.4 is 0 Å². The Bertz CT molecular complexity index is 132. The molecule has 0 atom stereocenters. The predicted octanol–water partition coefficient (Wildman–Crippen LogP) is 3.15. The van der Waals surface area contributed by atoms with Gasteiger partial charge in [-0.3, -0.25) is 0 Å². The second-order valence-corrected chi connectivity index (χ2v) is 2.28. The van der Waals surface area contributed by atoms with E-state index in [9.17, 15) is 0 Å². The molecular formula is C10H16. The monoisotopic (exact) mass is 136 g/mol. The molecule has 0 aliphatic carbocycles. The van der Waals surface area contributed by atoms with E-state index in [1.165, 1.54) is 19.3 Å². The highest BCUT2D eigenvalue weighted by molar-refractivity contribution is 5.14. The molecule has 0 heterocycles. The summed E-state index contributed by atoms with van der Waals surface area (Å²) in [6.45, 7) is 4.19. The van der Waals surface area contributed by atoms with Crippen molar-refractivity contribution < 1.29 is 0 Å². The highest BCUT2D eigenvalue weighted by Gasteiger charge is 1.78. The van der Waals surface area contributed by atoms with Gasteiger partial charge in [0.05, 0.1) is 0 Å². The highest BCUT2D eigenvalue weighted by Crippen LogP contribution is 1.96. The van der Waals surface area contributed by atoms with Gasteiger partial charge in [-0.15, -0.1) is 0 Å². The fourth-order valence-electron chi connectivity index (χ4n) is 0.678. The Labute approximate surface area is 64.3 Å². The number of rotatable bonds is 3. The predicted molar refractivity (Wildman–Crippen MR) is 46.7 cm³/mol. The van der Waals surface area contributed by atoms with Crippen molar-refractivity contribution in [2.75, 3.05) is 0 Å². The fourth-order valence-corrected chi connectivity index (χ4v) is 0.678. The van der Waals surface area contributed by atoms with Crippen molar-refractivity contribution in [3.05, 3.63) is 12.2 Å².